The number of carbonyl (C=O) groups is 1. The lowest BCUT2D eigenvalue weighted by molar-refractivity contribution is -0.123. The van der Waals surface area contributed by atoms with Gasteiger partial charge in [0, 0.05) is 6.54 Å². The SMILES string of the molecule is Cc1cc(C)c(OCC(=O)NCCC2CCCNC2)c(C)c1.Cl. The molecule has 1 amide bonds. The maximum Gasteiger partial charge on any atom is 0.257 e. The molecule has 23 heavy (non-hydrogen) atoms. The number of carbonyl (C=O) groups excluding carboxylic acids is 1. The fourth-order valence-corrected chi connectivity index (χ4v) is 3.17. The Morgan fingerprint density at radius 1 is 1.30 bits per heavy atom. The lowest BCUT2D eigenvalue weighted by Crippen LogP contribution is -2.34. The van der Waals surface area contributed by atoms with E-state index in [1.54, 1.807) is 0 Å². The molecule has 1 aromatic carbocycles. The third-order valence-electron chi connectivity index (χ3n) is 4.23. The molecule has 0 aliphatic carbocycles. The van der Waals surface area contributed by atoms with Gasteiger partial charge in [0.15, 0.2) is 6.61 Å². The van der Waals surface area contributed by atoms with E-state index in [2.05, 4.69) is 29.7 Å². The van der Waals surface area contributed by atoms with Crippen molar-refractivity contribution >= 4 is 18.3 Å². The number of amides is 1. The normalized spacial score (nSPS) is 17.3. The molecule has 130 valence electrons. The van der Waals surface area contributed by atoms with Crippen LogP contribution in [0.5, 0.6) is 5.75 Å². The molecule has 0 spiro atoms. The van der Waals surface area contributed by atoms with E-state index in [0.29, 0.717) is 5.92 Å². The molecule has 2 rings (SSSR count). The molecule has 0 bridgehead atoms. The highest BCUT2D eigenvalue weighted by atomic mass is 35.5. The molecule has 1 fully saturated rings. The van der Waals surface area contributed by atoms with Gasteiger partial charge in [0.25, 0.3) is 5.91 Å². The molecule has 1 heterocycles. The molecule has 0 aromatic heterocycles. The van der Waals surface area contributed by atoms with Gasteiger partial charge in [0.1, 0.15) is 5.75 Å². The van der Waals surface area contributed by atoms with E-state index in [-0.39, 0.29) is 24.9 Å². The highest BCUT2D eigenvalue weighted by Gasteiger charge is 2.13. The smallest absolute Gasteiger partial charge is 0.257 e. The van der Waals surface area contributed by atoms with Gasteiger partial charge in [0.05, 0.1) is 0 Å². The Morgan fingerprint density at radius 2 is 2.00 bits per heavy atom. The van der Waals surface area contributed by atoms with Crippen molar-refractivity contribution in [2.45, 2.75) is 40.0 Å². The minimum absolute atomic E-state index is 0. The lowest BCUT2D eigenvalue weighted by atomic mass is 9.96. The lowest BCUT2D eigenvalue weighted by Gasteiger charge is -2.22. The van der Waals surface area contributed by atoms with E-state index in [9.17, 15) is 4.79 Å². The van der Waals surface area contributed by atoms with Crippen molar-refractivity contribution in [2.75, 3.05) is 26.2 Å². The molecule has 1 unspecified atom stereocenters. The summed E-state index contributed by atoms with van der Waals surface area (Å²) in [6, 6.07) is 4.16. The summed E-state index contributed by atoms with van der Waals surface area (Å²) in [6.07, 6.45) is 3.55. The third-order valence-corrected chi connectivity index (χ3v) is 4.23. The van der Waals surface area contributed by atoms with Gasteiger partial charge in [-0.1, -0.05) is 17.7 Å². The van der Waals surface area contributed by atoms with Crippen molar-refractivity contribution in [3.05, 3.63) is 28.8 Å². The van der Waals surface area contributed by atoms with Crippen LogP contribution in [-0.4, -0.2) is 32.1 Å². The highest BCUT2D eigenvalue weighted by Crippen LogP contribution is 2.24. The molecule has 1 aliphatic rings. The summed E-state index contributed by atoms with van der Waals surface area (Å²) in [5.41, 5.74) is 3.38. The van der Waals surface area contributed by atoms with Crippen molar-refractivity contribution in [1.29, 1.82) is 0 Å². The first-order valence-electron chi connectivity index (χ1n) is 8.24. The van der Waals surface area contributed by atoms with Crippen LogP contribution in [0.4, 0.5) is 0 Å². The molecule has 5 heteroatoms. The predicted molar refractivity (Wildman–Crippen MR) is 96.6 cm³/mol. The second-order valence-corrected chi connectivity index (χ2v) is 6.37. The van der Waals surface area contributed by atoms with Crippen LogP contribution in [0.3, 0.4) is 0 Å². The maximum atomic E-state index is 11.9. The fourth-order valence-electron chi connectivity index (χ4n) is 3.17. The molecule has 1 atom stereocenters. The van der Waals surface area contributed by atoms with Gasteiger partial charge in [-0.2, -0.15) is 0 Å². The molecule has 1 saturated heterocycles. The number of hydrogen-bond acceptors (Lipinski definition) is 3. The van der Waals surface area contributed by atoms with Crippen LogP contribution in [0.25, 0.3) is 0 Å². The van der Waals surface area contributed by atoms with Crippen molar-refractivity contribution in [2.24, 2.45) is 5.92 Å². The topological polar surface area (TPSA) is 50.4 Å². The summed E-state index contributed by atoms with van der Waals surface area (Å²) >= 11 is 0. The van der Waals surface area contributed by atoms with Gasteiger partial charge < -0.3 is 15.4 Å². The number of aryl methyl sites for hydroxylation is 3. The fraction of sp³-hybridized carbons (Fsp3) is 0.611. The van der Waals surface area contributed by atoms with Crippen LogP contribution < -0.4 is 15.4 Å². The zero-order valence-corrected chi connectivity index (χ0v) is 15.2. The summed E-state index contributed by atoms with van der Waals surface area (Å²) in [5.74, 6) is 1.48. The first-order chi connectivity index (χ1) is 10.6. The quantitative estimate of drug-likeness (QED) is 0.837. The highest BCUT2D eigenvalue weighted by molar-refractivity contribution is 5.85. The second kappa shape index (κ2) is 9.78. The van der Waals surface area contributed by atoms with Crippen molar-refractivity contribution in [1.82, 2.24) is 10.6 Å². The average Bonchev–Trinajstić information content (AvgIpc) is 2.47. The zero-order valence-electron chi connectivity index (χ0n) is 14.4. The summed E-state index contributed by atoms with van der Waals surface area (Å²) < 4.78 is 5.70. The van der Waals surface area contributed by atoms with Gasteiger partial charge in [-0.15, -0.1) is 12.4 Å². The van der Waals surface area contributed by atoms with Crippen LogP contribution in [0.15, 0.2) is 12.1 Å². The van der Waals surface area contributed by atoms with Crippen LogP contribution >= 0.6 is 12.4 Å². The Labute approximate surface area is 145 Å². The Hall–Kier alpha value is -1.26. The van der Waals surface area contributed by atoms with Crippen LogP contribution in [0, 0.1) is 26.7 Å². The van der Waals surface area contributed by atoms with Crippen molar-refractivity contribution in [3.8, 4) is 5.75 Å². The Bertz CT molecular complexity index is 491. The molecule has 2 N–H and O–H groups in total. The minimum Gasteiger partial charge on any atom is -0.483 e. The summed E-state index contributed by atoms with van der Waals surface area (Å²) in [4.78, 5) is 11.9. The van der Waals surface area contributed by atoms with Gasteiger partial charge >= 0.3 is 0 Å². The van der Waals surface area contributed by atoms with E-state index < -0.39 is 0 Å². The van der Waals surface area contributed by atoms with Crippen LogP contribution in [0.1, 0.15) is 36.0 Å². The molecule has 4 nitrogen and oxygen atoms in total. The molecule has 1 aromatic rings. The number of rotatable bonds is 6. The molecular weight excluding hydrogens is 312 g/mol. The zero-order chi connectivity index (χ0) is 15.9. The standard InChI is InChI=1S/C18H28N2O2.ClH/c1-13-9-14(2)18(15(3)10-13)22-12-17(21)20-8-6-16-5-4-7-19-11-16;/h9-10,16,19H,4-8,11-12H2,1-3H3,(H,20,21);1H. The summed E-state index contributed by atoms with van der Waals surface area (Å²) in [7, 11) is 0. The monoisotopic (exact) mass is 340 g/mol. The summed E-state index contributed by atoms with van der Waals surface area (Å²) in [6.45, 7) is 9.14. The average molecular weight is 341 g/mol. The van der Waals surface area contributed by atoms with E-state index in [1.165, 1.54) is 18.4 Å². The van der Waals surface area contributed by atoms with E-state index in [0.717, 1.165) is 42.9 Å². The number of halogens is 1. The first kappa shape index (κ1) is 19.8. The molecular formula is C18H29ClN2O2. The first-order valence-corrected chi connectivity index (χ1v) is 8.24. The Balaban J connectivity index is 0.00000264. The number of hydrogen-bond donors (Lipinski definition) is 2. The number of benzene rings is 1. The summed E-state index contributed by atoms with van der Waals surface area (Å²) in [5, 5.41) is 6.36. The van der Waals surface area contributed by atoms with E-state index in [4.69, 9.17) is 4.74 Å². The predicted octanol–water partition coefficient (Wildman–Crippen LogP) is 2.92. The minimum atomic E-state index is -0.0388. The maximum absolute atomic E-state index is 11.9. The van der Waals surface area contributed by atoms with Gasteiger partial charge in [0.2, 0.25) is 0 Å². The number of ether oxygens (including phenoxy) is 1. The van der Waals surface area contributed by atoms with E-state index >= 15 is 0 Å². The number of nitrogens with one attached hydrogen (secondary N) is 2. The Kier molecular flexibility index (Phi) is 8.42. The van der Waals surface area contributed by atoms with Crippen molar-refractivity contribution < 1.29 is 9.53 Å². The second-order valence-electron chi connectivity index (χ2n) is 6.37. The van der Waals surface area contributed by atoms with E-state index in [1.807, 2.05) is 13.8 Å². The van der Waals surface area contributed by atoms with Gasteiger partial charge in [-0.05, 0) is 70.2 Å². The van der Waals surface area contributed by atoms with Crippen molar-refractivity contribution in [3.63, 3.8) is 0 Å². The largest absolute Gasteiger partial charge is 0.483 e. The van der Waals surface area contributed by atoms with Crippen LogP contribution in [0.2, 0.25) is 0 Å². The number of piperidine rings is 1. The van der Waals surface area contributed by atoms with Gasteiger partial charge in [-0.3, -0.25) is 4.79 Å². The molecule has 1 aliphatic heterocycles. The molecule has 0 saturated carbocycles. The van der Waals surface area contributed by atoms with Gasteiger partial charge in [-0.25, -0.2) is 0 Å². The third kappa shape index (κ3) is 6.40. The molecule has 0 radical (unpaired) electrons. The van der Waals surface area contributed by atoms with Crippen LogP contribution in [-0.2, 0) is 4.79 Å². The Morgan fingerprint density at radius 3 is 2.61 bits per heavy atom.